The first-order valence-corrected chi connectivity index (χ1v) is 11.4. The molecule has 3 atom stereocenters. The molecule has 0 bridgehead atoms. The molecular weight excluding hydrogens is 420 g/mol. The van der Waals surface area contributed by atoms with Crippen molar-refractivity contribution < 1.29 is 28.8 Å². The summed E-state index contributed by atoms with van der Waals surface area (Å²) in [7, 11) is 0. The van der Waals surface area contributed by atoms with Gasteiger partial charge in [-0.05, 0) is 48.2 Å². The summed E-state index contributed by atoms with van der Waals surface area (Å²) >= 11 is 0. The number of carboxylic acid groups (broad SMARTS) is 1. The predicted molar refractivity (Wildman–Crippen MR) is 121 cm³/mol. The van der Waals surface area contributed by atoms with E-state index in [2.05, 4.69) is 36.1 Å². The van der Waals surface area contributed by atoms with Gasteiger partial charge in [-0.2, -0.15) is 0 Å². The smallest absolute Gasteiger partial charge is 0.304 e. The third kappa shape index (κ3) is 4.49. The molecule has 0 radical (unpaired) electrons. The van der Waals surface area contributed by atoms with Crippen molar-refractivity contribution in [3.05, 3.63) is 65.2 Å². The molecule has 1 N–H and O–H groups in total. The maximum absolute atomic E-state index is 11.1. The molecule has 1 spiro atoms. The van der Waals surface area contributed by atoms with E-state index in [0.29, 0.717) is 19.8 Å². The number of rotatable bonds is 7. The molecule has 3 fully saturated rings. The number of benzene rings is 2. The van der Waals surface area contributed by atoms with Gasteiger partial charge < -0.3 is 24.1 Å². The van der Waals surface area contributed by atoms with E-state index in [9.17, 15) is 4.79 Å². The van der Waals surface area contributed by atoms with Gasteiger partial charge in [-0.15, -0.1) is 5.92 Å². The standard InChI is InChI=1S/C27H28O6/c1-2-4-21(16-25(28)29)20-7-9-23(10-8-20)30-18-19-5-3-6-22(15-19)27-12-11-26(17-24(27)33-27)31-13-14-32-26/h3,5-10,15,21,24H,11-14,16-18H2,1H3,(H,28,29)/t21-,24?,27?/m0/s1. The highest BCUT2D eigenvalue weighted by molar-refractivity contribution is 5.69. The SMILES string of the molecule is CC#C[C@@H](CC(=O)O)c1ccc(OCc2cccc(C34CCC5(CC3O4)OCCO5)c2)cc1. The summed E-state index contributed by atoms with van der Waals surface area (Å²) in [6.07, 6.45) is 2.64. The lowest BCUT2D eigenvalue weighted by molar-refractivity contribution is -0.175. The van der Waals surface area contributed by atoms with E-state index >= 15 is 0 Å². The molecule has 1 saturated carbocycles. The van der Waals surface area contributed by atoms with Gasteiger partial charge in [-0.1, -0.05) is 36.3 Å². The summed E-state index contributed by atoms with van der Waals surface area (Å²) in [5, 5.41) is 9.11. The molecule has 2 aliphatic heterocycles. The van der Waals surface area contributed by atoms with Gasteiger partial charge in [0.25, 0.3) is 0 Å². The highest BCUT2D eigenvalue weighted by Crippen LogP contribution is 2.59. The summed E-state index contributed by atoms with van der Waals surface area (Å²) in [6.45, 7) is 3.49. The molecule has 0 aromatic heterocycles. The summed E-state index contributed by atoms with van der Waals surface area (Å²) < 4.78 is 23.9. The van der Waals surface area contributed by atoms with Gasteiger partial charge in [0.2, 0.25) is 0 Å². The Morgan fingerprint density at radius 3 is 2.67 bits per heavy atom. The second-order valence-electron chi connectivity index (χ2n) is 8.91. The molecule has 2 heterocycles. The maximum Gasteiger partial charge on any atom is 0.304 e. The number of carbonyl (C=O) groups is 1. The van der Waals surface area contributed by atoms with E-state index in [-0.39, 0.29) is 24.0 Å². The van der Waals surface area contributed by atoms with Crippen LogP contribution >= 0.6 is 0 Å². The second kappa shape index (κ2) is 8.83. The Labute approximate surface area is 193 Å². The Morgan fingerprint density at radius 1 is 1.18 bits per heavy atom. The van der Waals surface area contributed by atoms with Crippen molar-refractivity contribution in [1.82, 2.24) is 0 Å². The first-order chi connectivity index (χ1) is 16.0. The van der Waals surface area contributed by atoms with Gasteiger partial charge >= 0.3 is 5.97 Å². The summed E-state index contributed by atoms with van der Waals surface area (Å²) in [4.78, 5) is 11.1. The monoisotopic (exact) mass is 448 g/mol. The van der Waals surface area contributed by atoms with Crippen LogP contribution in [-0.4, -0.2) is 36.2 Å². The topological polar surface area (TPSA) is 77.5 Å². The average molecular weight is 449 g/mol. The fourth-order valence-electron chi connectivity index (χ4n) is 5.05. The Balaban J connectivity index is 1.21. The van der Waals surface area contributed by atoms with Crippen LogP contribution in [0.2, 0.25) is 0 Å². The highest BCUT2D eigenvalue weighted by Gasteiger charge is 2.64. The van der Waals surface area contributed by atoms with Gasteiger partial charge in [-0.25, -0.2) is 0 Å². The van der Waals surface area contributed by atoms with E-state index in [1.807, 2.05) is 24.3 Å². The number of fused-ring (bicyclic) bond motifs is 1. The molecule has 0 amide bonds. The zero-order chi connectivity index (χ0) is 22.9. The van der Waals surface area contributed by atoms with Crippen LogP contribution in [0.25, 0.3) is 0 Å². The molecule has 33 heavy (non-hydrogen) atoms. The normalized spacial score (nSPS) is 25.5. The van der Waals surface area contributed by atoms with E-state index < -0.39 is 11.8 Å². The molecule has 172 valence electrons. The number of hydrogen-bond acceptors (Lipinski definition) is 5. The van der Waals surface area contributed by atoms with Gasteiger partial charge in [0.05, 0.1) is 31.7 Å². The van der Waals surface area contributed by atoms with E-state index in [0.717, 1.165) is 36.1 Å². The van der Waals surface area contributed by atoms with Gasteiger partial charge in [0, 0.05) is 12.8 Å². The van der Waals surface area contributed by atoms with Crippen LogP contribution in [0.3, 0.4) is 0 Å². The van der Waals surface area contributed by atoms with Gasteiger partial charge in [0.1, 0.15) is 18.0 Å². The third-order valence-corrected chi connectivity index (χ3v) is 6.80. The minimum atomic E-state index is -0.860. The van der Waals surface area contributed by atoms with Crippen molar-refractivity contribution >= 4 is 5.97 Å². The van der Waals surface area contributed by atoms with Crippen LogP contribution < -0.4 is 4.74 Å². The molecule has 2 aromatic rings. The lowest BCUT2D eigenvalue weighted by Gasteiger charge is -2.32. The number of carboxylic acids is 1. The summed E-state index contributed by atoms with van der Waals surface area (Å²) in [6, 6.07) is 15.9. The summed E-state index contributed by atoms with van der Waals surface area (Å²) in [5.41, 5.74) is 2.92. The second-order valence-corrected chi connectivity index (χ2v) is 8.91. The first-order valence-electron chi connectivity index (χ1n) is 11.4. The van der Waals surface area contributed by atoms with Crippen molar-refractivity contribution in [1.29, 1.82) is 0 Å². The van der Waals surface area contributed by atoms with E-state index in [1.54, 1.807) is 6.92 Å². The molecule has 6 heteroatoms. The fraction of sp³-hybridized carbons (Fsp3) is 0.444. The number of aliphatic carboxylic acids is 1. The summed E-state index contributed by atoms with van der Waals surface area (Å²) in [5.74, 6) is 4.90. The van der Waals surface area contributed by atoms with Crippen molar-refractivity contribution in [2.45, 2.75) is 62.6 Å². The van der Waals surface area contributed by atoms with Crippen molar-refractivity contribution in [3.63, 3.8) is 0 Å². The van der Waals surface area contributed by atoms with Crippen molar-refractivity contribution in [3.8, 4) is 17.6 Å². The molecule has 2 saturated heterocycles. The van der Waals surface area contributed by atoms with Crippen LogP contribution in [0.1, 0.15) is 55.2 Å². The Morgan fingerprint density at radius 2 is 1.97 bits per heavy atom. The molecule has 6 nitrogen and oxygen atoms in total. The molecule has 2 unspecified atom stereocenters. The number of epoxide rings is 1. The highest BCUT2D eigenvalue weighted by atomic mass is 16.7. The lowest BCUT2D eigenvalue weighted by atomic mass is 9.80. The molecule has 1 aliphatic carbocycles. The molecule has 5 rings (SSSR count). The minimum absolute atomic E-state index is 0.0159. The average Bonchev–Trinajstić information content (AvgIpc) is 3.38. The largest absolute Gasteiger partial charge is 0.489 e. The maximum atomic E-state index is 11.1. The minimum Gasteiger partial charge on any atom is -0.489 e. The zero-order valence-electron chi connectivity index (χ0n) is 18.7. The van der Waals surface area contributed by atoms with Crippen molar-refractivity contribution in [2.75, 3.05) is 13.2 Å². The number of ether oxygens (including phenoxy) is 4. The van der Waals surface area contributed by atoms with Crippen LogP contribution in [0.5, 0.6) is 5.75 Å². The fourth-order valence-corrected chi connectivity index (χ4v) is 5.05. The van der Waals surface area contributed by atoms with E-state index in [4.69, 9.17) is 24.1 Å². The van der Waals surface area contributed by atoms with E-state index in [1.165, 1.54) is 5.56 Å². The third-order valence-electron chi connectivity index (χ3n) is 6.80. The number of hydrogen-bond donors (Lipinski definition) is 1. The van der Waals surface area contributed by atoms with Crippen LogP contribution in [0.15, 0.2) is 48.5 Å². The molecule has 2 aromatic carbocycles. The van der Waals surface area contributed by atoms with Crippen LogP contribution in [0, 0.1) is 11.8 Å². The lowest BCUT2D eigenvalue weighted by Crippen LogP contribution is -2.38. The molecular formula is C27H28O6. The van der Waals surface area contributed by atoms with Gasteiger partial charge in [0.15, 0.2) is 5.79 Å². The molecule has 3 aliphatic rings. The zero-order valence-corrected chi connectivity index (χ0v) is 18.7. The Hall–Kier alpha value is -2.85. The van der Waals surface area contributed by atoms with Crippen LogP contribution in [-0.2, 0) is 31.2 Å². The van der Waals surface area contributed by atoms with Gasteiger partial charge in [-0.3, -0.25) is 4.79 Å². The van der Waals surface area contributed by atoms with Crippen LogP contribution in [0.4, 0.5) is 0 Å². The predicted octanol–water partition coefficient (Wildman–Crippen LogP) is 4.37. The van der Waals surface area contributed by atoms with Crippen molar-refractivity contribution in [2.24, 2.45) is 0 Å². The Kier molecular flexibility index (Phi) is 5.88. The Bertz CT molecular complexity index is 1080. The first kappa shape index (κ1) is 22.0. The quantitative estimate of drug-likeness (QED) is 0.501.